The van der Waals surface area contributed by atoms with E-state index in [0.29, 0.717) is 25.4 Å². The van der Waals surface area contributed by atoms with E-state index in [1.165, 1.54) is 0 Å². The molecule has 0 saturated carbocycles. The molecule has 0 bridgehead atoms. The molecule has 0 fully saturated rings. The molecule has 1 aromatic carbocycles. The van der Waals surface area contributed by atoms with Gasteiger partial charge < -0.3 is 10.6 Å². The van der Waals surface area contributed by atoms with Crippen LogP contribution in [0.2, 0.25) is 0 Å². The minimum atomic E-state index is 0.154. The lowest BCUT2D eigenvalue weighted by Crippen LogP contribution is -2.33. The quantitative estimate of drug-likeness (QED) is 0.834. The molecule has 0 aliphatic rings. The van der Waals surface area contributed by atoms with Crippen molar-refractivity contribution >= 4 is 11.6 Å². The van der Waals surface area contributed by atoms with Crippen molar-refractivity contribution in [2.45, 2.75) is 47.6 Å². The number of hydrogen-bond acceptors (Lipinski definition) is 2. The molecule has 3 nitrogen and oxygen atoms in total. The Morgan fingerprint density at radius 1 is 1.30 bits per heavy atom. The van der Waals surface area contributed by atoms with Crippen LogP contribution in [-0.2, 0) is 11.3 Å². The summed E-state index contributed by atoms with van der Waals surface area (Å²) in [5.41, 5.74) is 7.88. The zero-order chi connectivity index (χ0) is 15.3. The Morgan fingerprint density at radius 2 is 1.90 bits per heavy atom. The highest BCUT2D eigenvalue weighted by Gasteiger charge is 2.24. The zero-order valence-corrected chi connectivity index (χ0v) is 13.4. The molecular weight excluding hydrogens is 248 g/mol. The van der Waals surface area contributed by atoms with Crippen LogP contribution >= 0.6 is 0 Å². The van der Waals surface area contributed by atoms with E-state index >= 15 is 0 Å². The number of anilines is 1. The molecule has 0 radical (unpaired) electrons. The SMILES string of the molecule is CCN(Cc1ccccc1N)C(=O)CC(C)C(C)(C)C. The predicted octanol–water partition coefficient (Wildman–Crippen LogP) is 3.69. The molecule has 0 aromatic heterocycles. The number of hydrogen-bond donors (Lipinski definition) is 1. The second kappa shape index (κ2) is 6.78. The molecule has 1 unspecified atom stereocenters. The van der Waals surface area contributed by atoms with E-state index in [0.717, 1.165) is 11.3 Å². The predicted molar refractivity (Wildman–Crippen MR) is 85.2 cm³/mol. The molecule has 0 aliphatic carbocycles. The summed E-state index contributed by atoms with van der Waals surface area (Å²) < 4.78 is 0. The normalized spacial score (nSPS) is 13.1. The van der Waals surface area contributed by atoms with Crippen LogP contribution in [0.25, 0.3) is 0 Å². The van der Waals surface area contributed by atoms with Crippen LogP contribution in [0, 0.1) is 11.3 Å². The van der Waals surface area contributed by atoms with Gasteiger partial charge in [0.1, 0.15) is 0 Å². The fraction of sp³-hybridized carbons (Fsp3) is 0.588. The highest BCUT2D eigenvalue weighted by Crippen LogP contribution is 2.28. The summed E-state index contributed by atoms with van der Waals surface area (Å²) in [6.45, 7) is 12.0. The molecule has 1 atom stereocenters. The van der Waals surface area contributed by atoms with E-state index in [4.69, 9.17) is 5.73 Å². The maximum absolute atomic E-state index is 12.4. The number of para-hydroxylation sites is 1. The molecule has 3 heteroatoms. The summed E-state index contributed by atoms with van der Waals surface area (Å²) in [6, 6.07) is 7.74. The van der Waals surface area contributed by atoms with Gasteiger partial charge in [0.05, 0.1) is 0 Å². The average molecular weight is 276 g/mol. The van der Waals surface area contributed by atoms with Crippen LogP contribution in [0.4, 0.5) is 5.69 Å². The Labute approximate surface area is 123 Å². The second-order valence-electron chi connectivity index (χ2n) is 6.58. The van der Waals surface area contributed by atoms with Crippen molar-refractivity contribution in [3.8, 4) is 0 Å². The van der Waals surface area contributed by atoms with Crippen molar-refractivity contribution in [2.24, 2.45) is 11.3 Å². The molecule has 0 heterocycles. The Kier molecular flexibility index (Phi) is 5.61. The Morgan fingerprint density at radius 3 is 2.40 bits per heavy atom. The minimum Gasteiger partial charge on any atom is -0.398 e. The van der Waals surface area contributed by atoms with Crippen molar-refractivity contribution in [1.29, 1.82) is 0 Å². The maximum atomic E-state index is 12.4. The van der Waals surface area contributed by atoms with Gasteiger partial charge in [-0.3, -0.25) is 4.79 Å². The number of benzene rings is 1. The Bertz CT molecular complexity index is 449. The van der Waals surface area contributed by atoms with Gasteiger partial charge in [0.15, 0.2) is 0 Å². The van der Waals surface area contributed by atoms with Crippen molar-refractivity contribution in [3.05, 3.63) is 29.8 Å². The monoisotopic (exact) mass is 276 g/mol. The minimum absolute atomic E-state index is 0.154. The lowest BCUT2D eigenvalue weighted by Gasteiger charge is -2.29. The van der Waals surface area contributed by atoms with Crippen LogP contribution in [-0.4, -0.2) is 17.4 Å². The van der Waals surface area contributed by atoms with Gasteiger partial charge in [0.2, 0.25) is 5.91 Å². The van der Waals surface area contributed by atoms with E-state index in [1.54, 1.807) is 0 Å². The third kappa shape index (κ3) is 4.55. The highest BCUT2D eigenvalue weighted by molar-refractivity contribution is 5.76. The van der Waals surface area contributed by atoms with Crippen LogP contribution in [0.15, 0.2) is 24.3 Å². The summed E-state index contributed by atoms with van der Waals surface area (Å²) in [6.07, 6.45) is 0.587. The topological polar surface area (TPSA) is 46.3 Å². The zero-order valence-electron chi connectivity index (χ0n) is 13.4. The van der Waals surface area contributed by atoms with Crippen LogP contribution in [0.1, 0.15) is 46.6 Å². The Hall–Kier alpha value is -1.51. The van der Waals surface area contributed by atoms with E-state index in [2.05, 4.69) is 27.7 Å². The molecule has 1 amide bonds. The number of rotatable bonds is 5. The molecule has 1 aromatic rings. The van der Waals surface area contributed by atoms with Gasteiger partial charge in [-0.25, -0.2) is 0 Å². The number of nitrogens with two attached hydrogens (primary N) is 1. The number of nitrogen functional groups attached to an aromatic ring is 1. The van der Waals surface area contributed by atoms with Crippen LogP contribution < -0.4 is 5.73 Å². The average Bonchev–Trinajstić information content (AvgIpc) is 2.36. The van der Waals surface area contributed by atoms with Crippen molar-refractivity contribution in [2.75, 3.05) is 12.3 Å². The lowest BCUT2D eigenvalue weighted by molar-refractivity contribution is -0.133. The highest BCUT2D eigenvalue weighted by atomic mass is 16.2. The van der Waals surface area contributed by atoms with Crippen LogP contribution in [0.3, 0.4) is 0 Å². The molecule has 1 rings (SSSR count). The summed E-state index contributed by atoms with van der Waals surface area (Å²) in [4.78, 5) is 14.3. The van der Waals surface area contributed by atoms with Gasteiger partial charge in [-0.05, 0) is 29.9 Å². The van der Waals surface area contributed by atoms with E-state index in [1.807, 2.05) is 36.1 Å². The first-order valence-electron chi connectivity index (χ1n) is 7.36. The second-order valence-corrected chi connectivity index (χ2v) is 6.58. The molecule has 2 N–H and O–H groups in total. The smallest absolute Gasteiger partial charge is 0.223 e. The van der Waals surface area contributed by atoms with Crippen molar-refractivity contribution in [3.63, 3.8) is 0 Å². The van der Waals surface area contributed by atoms with Crippen molar-refractivity contribution in [1.82, 2.24) is 4.90 Å². The van der Waals surface area contributed by atoms with Gasteiger partial charge in [-0.15, -0.1) is 0 Å². The standard InChI is InChI=1S/C17H28N2O/c1-6-19(12-14-9-7-8-10-15(14)18)16(20)11-13(2)17(3,4)5/h7-10,13H,6,11-12,18H2,1-5H3. The van der Waals surface area contributed by atoms with E-state index in [9.17, 15) is 4.79 Å². The largest absolute Gasteiger partial charge is 0.398 e. The third-order valence-corrected chi connectivity index (χ3v) is 4.11. The molecule has 20 heavy (non-hydrogen) atoms. The fourth-order valence-corrected chi connectivity index (χ4v) is 1.96. The summed E-state index contributed by atoms with van der Waals surface area (Å²) in [7, 11) is 0. The number of carbonyl (C=O) groups is 1. The van der Waals surface area contributed by atoms with Gasteiger partial charge >= 0.3 is 0 Å². The molecule has 0 saturated heterocycles. The number of amides is 1. The lowest BCUT2D eigenvalue weighted by atomic mass is 9.80. The molecular formula is C17H28N2O. The fourth-order valence-electron chi connectivity index (χ4n) is 1.96. The van der Waals surface area contributed by atoms with Gasteiger partial charge in [0, 0.05) is 25.2 Å². The molecule has 0 aliphatic heterocycles. The maximum Gasteiger partial charge on any atom is 0.223 e. The summed E-state index contributed by atoms with van der Waals surface area (Å²) in [5, 5.41) is 0. The van der Waals surface area contributed by atoms with Gasteiger partial charge in [0.25, 0.3) is 0 Å². The summed E-state index contributed by atoms with van der Waals surface area (Å²) >= 11 is 0. The van der Waals surface area contributed by atoms with Gasteiger partial charge in [-0.1, -0.05) is 45.9 Å². The number of carbonyl (C=O) groups excluding carboxylic acids is 1. The molecule has 0 spiro atoms. The van der Waals surface area contributed by atoms with Crippen LogP contribution in [0.5, 0.6) is 0 Å². The molecule has 112 valence electrons. The van der Waals surface area contributed by atoms with E-state index < -0.39 is 0 Å². The summed E-state index contributed by atoms with van der Waals surface area (Å²) in [5.74, 6) is 0.565. The Balaban J connectivity index is 2.72. The van der Waals surface area contributed by atoms with Gasteiger partial charge in [-0.2, -0.15) is 0 Å². The first-order chi connectivity index (χ1) is 9.25. The first kappa shape index (κ1) is 16.5. The third-order valence-electron chi connectivity index (χ3n) is 4.11. The van der Waals surface area contributed by atoms with E-state index in [-0.39, 0.29) is 11.3 Å². The van der Waals surface area contributed by atoms with Crippen molar-refractivity contribution < 1.29 is 4.79 Å². The first-order valence-corrected chi connectivity index (χ1v) is 7.36. The number of nitrogens with zero attached hydrogens (tertiary/aromatic N) is 1.